The summed E-state index contributed by atoms with van der Waals surface area (Å²) in [5.74, 6) is -0.164. The molecular formula is C12H15BrN2O3S. The van der Waals surface area contributed by atoms with Crippen molar-refractivity contribution < 1.29 is 13.2 Å². The molecule has 2 N–H and O–H groups in total. The predicted octanol–water partition coefficient (Wildman–Crippen LogP) is 1.72. The highest BCUT2D eigenvalue weighted by Crippen LogP contribution is 2.25. The van der Waals surface area contributed by atoms with Crippen LogP contribution in [0.4, 0.5) is 0 Å². The number of nitrogens with two attached hydrogens (primary N) is 1. The third-order valence-corrected chi connectivity index (χ3v) is 4.91. The molecule has 1 aromatic rings. The zero-order valence-corrected chi connectivity index (χ0v) is 12.9. The van der Waals surface area contributed by atoms with Crippen molar-refractivity contribution >= 4 is 31.9 Å². The Labute approximate surface area is 121 Å². The first-order valence-corrected chi connectivity index (χ1v) is 8.28. The molecule has 7 heteroatoms. The van der Waals surface area contributed by atoms with E-state index in [1.54, 1.807) is 4.90 Å². The molecule has 0 bridgehead atoms. The van der Waals surface area contributed by atoms with Gasteiger partial charge in [-0.2, -0.15) is 0 Å². The van der Waals surface area contributed by atoms with Gasteiger partial charge in [-0.15, -0.1) is 0 Å². The third-order valence-electron chi connectivity index (χ3n) is 3.31. The van der Waals surface area contributed by atoms with Crippen LogP contribution in [0.25, 0.3) is 0 Å². The van der Waals surface area contributed by atoms with Crippen molar-refractivity contribution in [1.82, 2.24) is 4.90 Å². The molecule has 1 aliphatic rings. The normalized spacial score (nSPS) is 19.7. The maximum absolute atomic E-state index is 12.4. The van der Waals surface area contributed by atoms with E-state index in [0.717, 1.165) is 12.8 Å². The summed E-state index contributed by atoms with van der Waals surface area (Å²) in [4.78, 5) is 14.1. The maximum Gasteiger partial charge on any atom is 0.255 e. The molecule has 1 saturated heterocycles. The molecule has 2 rings (SSSR count). The lowest BCUT2D eigenvalue weighted by atomic mass is 10.2. The van der Waals surface area contributed by atoms with Crippen LogP contribution in [-0.2, 0) is 10.0 Å². The van der Waals surface area contributed by atoms with E-state index >= 15 is 0 Å². The Kier molecular flexibility index (Phi) is 3.98. The first-order valence-electron chi connectivity index (χ1n) is 5.94. The predicted molar refractivity (Wildman–Crippen MR) is 75.2 cm³/mol. The number of sulfonamides is 1. The Morgan fingerprint density at radius 2 is 2.16 bits per heavy atom. The summed E-state index contributed by atoms with van der Waals surface area (Å²) in [6, 6.07) is 4.42. The SMILES string of the molecule is CC1CCCN1C(=O)c1cc(S(N)(=O)=O)ccc1Br. The van der Waals surface area contributed by atoms with E-state index < -0.39 is 10.0 Å². The van der Waals surface area contributed by atoms with Gasteiger partial charge in [0.1, 0.15) is 0 Å². The number of halogens is 1. The van der Waals surface area contributed by atoms with Gasteiger partial charge in [-0.25, -0.2) is 13.6 Å². The fourth-order valence-corrected chi connectivity index (χ4v) is 3.19. The highest BCUT2D eigenvalue weighted by molar-refractivity contribution is 9.10. The van der Waals surface area contributed by atoms with Gasteiger partial charge in [-0.3, -0.25) is 4.79 Å². The van der Waals surface area contributed by atoms with Gasteiger partial charge in [0, 0.05) is 17.1 Å². The van der Waals surface area contributed by atoms with Crippen LogP contribution in [0.1, 0.15) is 30.1 Å². The molecule has 1 unspecified atom stereocenters. The minimum atomic E-state index is -3.80. The quantitative estimate of drug-likeness (QED) is 0.885. The Morgan fingerprint density at radius 1 is 1.47 bits per heavy atom. The molecule has 19 heavy (non-hydrogen) atoms. The second-order valence-electron chi connectivity index (χ2n) is 4.68. The Morgan fingerprint density at radius 3 is 2.68 bits per heavy atom. The van der Waals surface area contributed by atoms with Gasteiger partial charge < -0.3 is 4.90 Å². The number of rotatable bonds is 2. The Balaban J connectivity index is 2.41. The summed E-state index contributed by atoms with van der Waals surface area (Å²) in [7, 11) is -3.80. The average Bonchev–Trinajstić information content (AvgIpc) is 2.73. The van der Waals surface area contributed by atoms with Gasteiger partial charge in [0.15, 0.2) is 0 Å². The zero-order chi connectivity index (χ0) is 14.2. The van der Waals surface area contributed by atoms with E-state index in [-0.39, 0.29) is 16.8 Å². The average molecular weight is 347 g/mol. The first kappa shape index (κ1) is 14.5. The summed E-state index contributed by atoms with van der Waals surface area (Å²) >= 11 is 3.28. The third kappa shape index (κ3) is 2.98. The Hall–Kier alpha value is -0.920. The molecule has 5 nitrogen and oxygen atoms in total. The number of primary sulfonamides is 1. The summed E-state index contributed by atoms with van der Waals surface area (Å²) in [6.07, 6.45) is 1.94. The first-order chi connectivity index (χ1) is 8.80. The van der Waals surface area contributed by atoms with E-state index in [1.807, 2.05) is 6.92 Å². The molecule has 0 aromatic heterocycles. The minimum Gasteiger partial charge on any atom is -0.336 e. The van der Waals surface area contributed by atoms with Crippen LogP contribution in [0.2, 0.25) is 0 Å². The monoisotopic (exact) mass is 346 g/mol. The second kappa shape index (κ2) is 5.22. The minimum absolute atomic E-state index is 0.0501. The number of likely N-dealkylation sites (tertiary alicyclic amines) is 1. The van der Waals surface area contributed by atoms with Crippen molar-refractivity contribution in [3.8, 4) is 0 Å². The number of benzene rings is 1. The van der Waals surface area contributed by atoms with E-state index in [2.05, 4.69) is 15.9 Å². The molecule has 1 atom stereocenters. The summed E-state index contributed by atoms with van der Waals surface area (Å²) < 4.78 is 23.3. The van der Waals surface area contributed by atoms with E-state index in [9.17, 15) is 13.2 Å². The van der Waals surface area contributed by atoms with Crippen LogP contribution in [0.5, 0.6) is 0 Å². The van der Waals surface area contributed by atoms with Gasteiger partial charge in [0.05, 0.1) is 10.5 Å². The lowest BCUT2D eigenvalue weighted by molar-refractivity contribution is 0.0746. The summed E-state index contributed by atoms with van der Waals surface area (Å²) in [5, 5.41) is 5.09. The molecule has 1 fully saturated rings. The fourth-order valence-electron chi connectivity index (χ4n) is 2.23. The molecular weight excluding hydrogens is 332 g/mol. The van der Waals surface area contributed by atoms with E-state index in [4.69, 9.17) is 5.14 Å². The number of amides is 1. The fraction of sp³-hybridized carbons (Fsp3) is 0.417. The van der Waals surface area contributed by atoms with Crippen LogP contribution in [0.15, 0.2) is 27.6 Å². The molecule has 1 heterocycles. The van der Waals surface area contributed by atoms with Gasteiger partial charge in [0.25, 0.3) is 5.91 Å². The maximum atomic E-state index is 12.4. The lowest BCUT2D eigenvalue weighted by Crippen LogP contribution is -2.34. The molecule has 1 aromatic carbocycles. The second-order valence-corrected chi connectivity index (χ2v) is 7.09. The number of carbonyl (C=O) groups is 1. The highest BCUT2D eigenvalue weighted by Gasteiger charge is 2.27. The molecule has 1 amide bonds. The highest BCUT2D eigenvalue weighted by atomic mass is 79.9. The standard InChI is InChI=1S/C12H15BrN2O3S/c1-8-3-2-6-15(8)12(16)10-7-9(19(14,17)18)4-5-11(10)13/h4-5,7-8H,2-3,6H2,1H3,(H2,14,17,18). The van der Waals surface area contributed by atoms with Crippen LogP contribution in [-0.4, -0.2) is 31.8 Å². The molecule has 104 valence electrons. The van der Waals surface area contributed by atoms with Gasteiger partial charge in [-0.05, 0) is 53.9 Å². The number of hydrogen-bond donors (Lipinski definition) is 1. The van der Waals surface area contributed by atoms with E-state index in [1.165, 1.54) is 18.2 Å². The summed E-state index contributed by atoms with van der Waals surface area (Å²) in [5.41, 5.74) is 0.334. The largest absolute Gasteiger partial charge is 0.336 e. The van der Waals surface area contributed by atoms with Crippen molar-refractivity contribution in [3.05, 3.63) is 28.2 Å². The van der Waals surface area contributed by atoms with Gasteiger partial charge in [-0.1, -0.05) is 0 Å². The molecule has 1 aliphatic heterocycles. The van der Waals surface area contributed by atoms with Crippen molar-refractivity contribution in [2.24, 2.45) is 5.14 Å². The molecule has 0 spiro atoms. The molecule has 0 saturated carbocycles. The zero-order valence-electron chi connectivity index (χ0n) is 10.5. The number of hydrogen-bond acceptors (Lipinski definition) is 3. The number of carbonyl (C=O) groups excluding carboxylic acids is 1. The van der Waals surface area contributed by atoms with Crippen molar-refractivity contribution in [1.29, 1.82) is 0 Å². The Bertz CT molecular complexity index is 615. The van der Waals surface area contributed by atoms with Crippen LogP contribution in [0, 0.1) is 0 Å². The van der Waals surface area contributed by atoms with Crippen molar-refractivity contribution in [3.63, 3.8) is 0 Å². The van der Waals surface area contributed by atoms with E-state index in [0.29, 0.717) is 16.6 Å². The lowest BCUT2D eigenvalue weighted by Gasteiger charge is -2.22. The number of nitrogens with zero attached hydrogens (tertiary/aromatic N) is 1. The van der Waals surface area contributed by atoms with Crippen molar-refractivity contribution in [2.45, 2.75) is 30.7 Å². The topological polar surface area (TPSA) is 80.5 Å². The van der Waals surface area contributed by atoms with Crippen LogP contribution < -0.4 is 5.14 Å². The van der Waals surface area contributed by atoms with Gasteiger partial charge >= 0.3 is 0 Å². The summed E-state index contributed by atoms with van der Waals surface area (Å²) in [6.45, 7) is 2.69. The molecule has 0 radical (unpaired) electrons. The molecule has 0 aliphatic carbocycles. The van der Waals surface area contributed by atoms with Crippen molar-refractivity contribution in [2.75, 3.05) is 6.54 Å². The van der Waals surface area contributed by atoms with Crippen LogP contribution in [0.3, 0.4) is 0 Å². The smallest absolute Gasteiger partial charge is 0.255 e. The van der Waals surface area contributed by atoms with Crippen LogP contribution >= 0.6 is 15.9 Å². The van der Waals surface area contributed by atoms with Gasteiger partial charge in [0.2, 0.25) is 10.0 Å².